The van der Waals surface area contributed by atoms with Gasteiger partial charge in [0.2, 0.25) is 10.3 Å². The van der Waals surface area contributed by atoms with Gasteiger partial charge in [-0.15, -0.1) is 30.7 Å². The number of benzene rings is 4. The number of hydrogen-bond donors (Lipinski definition) is 2. The number of nitrogens with zero attached hydrogens (tertiary/aromatic N) is 16. The van der Waals surface area contributed by atoms with Gasteiger partial charge in [-0.1, -0.05) is 131 Å². The van der Waals surface area contributed by atoms with E-state index in [1.807, 2.05) is 95.2 Å². The zero-order chi connectivity index (χ0) is 73.7. The van der Waals surface area contributed by atoms with Crippen LogP contribution in [0.3, 0.4) is 0 Å². The third-order valence-corrected chi connectivity index (χ3v) is 18.2. The van der Waals surface area contributed by atoms with Crippen LogP contribution < -0.4 is 20.4 Å². The van der Waals surface area contributed by atoms with Gasteiger partial charge in [-0.25, -0.2) is 14.8 Å². The molecule has 0 aliphatic heterocycles. The van der Waals surface area contributed by atoms with Gasteiger partial charge in [0.25, 0.3) is 5.69 Å². The fourth-order valence-electron chi connectivity index (χ4n) is 13.2. The Morgan fingerprint density at radius 3 is 1.25 bits per heavy atom. The summed E-state index contributed by atoms with van der Waals surface area (Å²) in [6.45, 7) is 54.4. The number of ether oxygens (including phenoxy) is 2. The molecule has 0 unspecified atom stereocenters. The number of hydrogen-bond acceptors (Lipinski definition) is 20. The average Bonchev–Trinajstić information content (AvgIpc) is 1.53. The number of pyridine rings is 2. The number of anilines is 8. The Labute approximate surface area is 605 Å². The highest BCUT2D eigenvalue weighted by molar-refractivity contribution is 7.16. The van der Waals surface area contributed by atoms with Crippen LogP contribution in [0.5, 0.6) is 0 Å². The predicted octanol–water partition coefficient (Wildman–Crippen LogP) is 21.0. The Balaban J connectivity index is 0.0000132. The number of carbonyl (C=O) groups is 2. The van der Waals surface area contributed by atoms with Crippen LogP contribution in [-0.2, 0) is 29.9 Å². The van der Waals surface area contributed by atoms with Gasteiger partial charge in [-0.05, 0) is 197 Å². The number of rotatable bonds is 24. The van der Waals surface area contributed by atoms with Gasteiger partial charge in [-0.3, -0.25) is 9.59 Å². The minimum Gasteiger partial charge on any atom is -0.466 e. The summed E-state index contributed by atoms with van der Waals surface area (Å²) >= 11 is 1.10. The maximum Gasteiger partial charge on any atom is 0.305 e. The largest absolute Gasteiger partial charge is 0.466 e. The molecule has 5 heterocycles. The summed E-state index contributed by atoms with van der Waals surface area (Å²) in [6.07, 6.45) is 1.45. The SMILES string of the molecule is C.[C-]#[N+]c1c(C(C)(C)C)nn(-c2nnc(-n3nc(C(C)(C)C)c(C#N)c3N=Nc3c(C)cc(N(CCCC(=O)OCC)c4c(C)cc(C)cc4C)nc3Nc3c(C)cc(C)cc3C)s2)c1N=Nc1c(C)cc(N(CCCC(=O)OCC)c2c(C)cc(C)cc2C)nc1Nc1c(C)cc(C)cc1C. The lowest BCUT2D eigenvalue weighted by Crippen LogP contribution is -2.23. The van der Waals surface area contributed by atoms with Gasteiger partial charge < -0.3 is 29.9 Å². The number of aryl methyl sites for hydroxylation is 14. The molecular formula is C79H98N18O4S. The molecule has 22 nitrogen and oxygen atoms in total. The summed E-state index contributed by atoms with van der Waals surface area (Å²) in [6, 6.07) is 23.4. The topological polar surface area (TPSA) is 248 Å². The van der Waals surface area contributed by atoms with Crippen molar-refractivity contribution in [1.29, 1.82) is 5.26 Å². The van der Waals surface area contributed by atoms with E-state index >= 15 is 0 Å². The van der Waals surface area contributed by atoms with Crippen LogP contribution in [0.25, 0.3) is 15.1 Å². The molecule has 0 saturated heterocycles. The summed E-state index contributed by atoms with van der Waals surface area (Å²) in [4.78, 5) is 44.7. The fourth-order valence-corrected chi connectivity index (χ4v) is 13.9. The molecule has 102 heavy (non-hydrogen) atoms. The molecular weight excluding hydrogens is 1300 g/mol. The zero-order valence-electron chi connectivity index (χ0n) is 62.6. The Kier molecular flexibility index (Phi) is 24.2. The lowest BCUT2D eigenvalue weighted by molar-refractivity contribution is -0.144. The van der Waals surface area contributed by atoms with Crippen LogP contribution in [0.2, 0.25) is 0 Å². The van der Waals surface area contributed by atoms with Gasteiger partial charge >= 0.3 is 11.9 Å². The van der Waals surface area contributed by atoms with E-state index in [9.17, 15) is 14.9 Å². The Bertz CT molecular complexity index is 4420. The van der Waals surface area contributed by atoms with E-state index in [0.29, 0.717) is 90.7 Å². The molecule has 23 heteroatoms. The number of esters is 2. The molecule has 0 aliphatic rings. The third-order valence-electron chi connectivity index (χ3n) is 17.3. The molecule has 0 radical (unpaired) electrons. The quantitative estimate of drug-likeness (QED) is 0.0324. The minimum atomic E-state index is -0.665. The number of nitriles is 1. The highest BCUT2D eigenvalue weighted by Gasteiger charge is 2.33. The summed E-state index contributed by atoms with van der Waals surface area (Å²) in [7, 11) is 0. The monoisotopic (exact) mass is 1390 g/mol. The first-order valence-electron chi connectivity index (χ1n) is 34.2. The first-order chi connectivity index (χ1) is 47.7. The maximum absolute atomic E-state index is 12.8. The van der Waals surface area contributed by atoms with Gasteiger partial charge in [0.05, 0.1) is 31.2 Å². The number of aromatic nitrogens is 8. The lowest BCUT2D eigenvalue weighted by atomic mass is 9.90. The molecule has 4 aromatic carbocycles. The van der Waals surface area contributed by atoms with E-state index < -0.39 is 10.8 Å². The first kappa shape index (κ1) is 77.2. The van der Waals surface area contributed by atoms with Gasteiger partial charge in [0, 0.05) is 54.1 Å². The fraction of sp³-hybridized carbons (Fsp3) is 0.418. The van der Waals surface area contributed by atoms with E-state index in [0.717, 1.165) is 106 Å². The molecule has 5 aromatic heterocycles. The zero-order valence-corrected chi connectivity index (χ0v) is 63.4. The van der Waals surface area contributed by atoms with Crippen molar-refractivity contribution < 1.29 is 19.1 Å². The summed E-state index contributed by atoms with van der Waals surface area (Å²) in [5.41, 5.74) is 18.5. The lowest BCUT2D eigenvalue weighted by Gasteiger charge is -2.29. The normalized spacial score (nSPS) is 11.6. The Morgan fingerprint density at radius 2 is 0.892 bits per heavy atom. The van der Waals surface area contributed by atoms with Crippen LogP contribution in [0.4, 0.5) is 74.7 Å². The van der Waals surface area contributed by atoms with Crippen LogP contribution in [0.15, 0.2) is 81.1 Å². The van der Waals surface area contributed by atoms with Crippen LogP contribution in [0, 0.1) is 115 Å². The van der Waals surface area contributed by atoms with E-state index in [4.69, 9.17) is 66.9 Å². The van der Waals surface area contributed by atoms with Crippen molar-refractivity contribution in [3.05, 3.63) is 167 Å². The van der Waals surface area contributed by atoms with Crippen molar-refractivity contribution in [2.24, 2.45) is 20.5 Å². The summed E-state index contributed by atoms with van der Waals surface area (Å²) in [5, 5.41) is 58.6. The van der Waals surface area contributed by atoms with Crippen LogP contribution in [0.1, 0.15) is 183 Å². The molecule has 9 aromatic rings. The molecule has 534 valence electrons. The molecule has 2 N–H and O–H groups in total. The Hall–Kier alpha value is -10.5. The van der Waals surface area contributed by atoms with Crippen molar-refractivity contribution in [3.63, 3.8) is 0 Å². The van der Waals surface area contributed by atoms with Gasteiger partial charge in [0.1, 0.15) is 34.6 Å². The average molecular weight is 1400 g/mol. The van der Waals surface area contributed by atoms with E-state index in [1.165, 1.54) is 9.36 Å². The van der Waals surface area contributed by atoms with Crippen LogP contribution in [-0.4, -0.2) is 78.0 Å². The van der Waals surface area contributed by atoms with E-state index in [2.05, 4.69) is 135 Å². The van der Waals surface area contributed by atoms with Crippen molar-refractivity contribution in [3.8, 4) is 16.3 Å². The van der Waals surface area contributed by atoms with Crippen molar-refractivity contribution >= 4 is 98.0 Å². The predicted molar refractivity (Wildman–Crippen MR) is 410 cm³/mol. The molecule has 9 rings (SSSR count). The highest BCUT2D eigenvalue weighted by Crippen LogP contribution is 2.46. The Morgan fingerprint density at radius 1 is 0.539 bits per heavy atom. The molecule has 0 spiro atoms. The summed E-state index contributed by atoms with van der Waals surface area (Å²) < 4.78 is 13.7. The first-order valence-corrected chi connectivity index (χ1v) is 35.0. The minimum absolute atomic E-state index is 0. The molecule has 0 saturated carbocycles. The van der Waals surface area contributed by atoms with Crippen molar-refractivity contribution in [1.82, 2.24) is 39.7 Å². The van der Waals surface area contributed by atoms with Gasteiger partial charge in [-0.2, -0.15) is 24.8 Å². The smallest absolute Gasteiger partial charge is 0.305 e. The molecule has 0 aliphatic carbocycles. The second-order valence-corrected chi connectivity index (χ2v) is 29.2. The molecule has 0 bridgehead atoms. The maximum atomic E-state index is 12.8. The third kappa shape index (κ3) is 17.1. The van der Waals surface area contributed by atoms with Crippen molar-refractivity contribution in [2.45, 2.75) is 196 Å². The highest BCUT2D eigenvalue weighted by atomic mass is 32.1. The van der Waals surface area contributed by atoms with Crippen molar-refractivity contribution in [2.75, 3.05) is 46.7 Å². The van der Waals surface area contributed by atoms with Crippen LogP contribution >= 0.6 is 11.3 Å². The standard InChI is InChI=1S/C78H94N18O4S.CH4/c1-24-99-60(97)28-26-30-93(67-53(13)36-45(5)37-54(67)14)58-40-51(11)64(71(81-58)83-62-47(7)32-43(3)33-48(62)8)85-87-73-57(42-79)69(77(17,18)19)91-95(73)75-89-90-76(101-75)96-74(66(80-23)70(92-96)78(20,21)22)88-86-65-52(12)41-59(82-72(65)84-63-49(9)34-44(4)35-50(63)10)94(31-27-29-61(98)100-25-2)68-55(15)38-46(6)39-56(68)16;/h32-41H,24-31H2,1-22H3,(H,81,83)(H,82,84);1H4. The second kappa shape index (κ2) is 32.0. The molecule has 0 atom stereocenters. The number of nitrogens with one attached hydrogen (secondary N) is 2. The van der Waals surface area contributed by atoms with E-state index in [1.54, 1.807) is 13.8 Å². The molecule has 0 fully saturated rings. The summed E-state index contributed by atoms with van der Waals surface area (Å²) in [5.74, 6) is 1.72. The number of carbonyl (C=O) groups excluding carboxylic acids is 2. The van der Waals surface area contributed by atoms with Gasteiger partial charge in [0.15, 0.2) is 23.3 Å². The molecule has 0 amide bonds. The van der Waals surface area contributed by atoms with E-state index in [-0.39, 0.29) is 65.4 Å². The number of azo groups is 2. The second-order valence-electron chi connectivity index (χ2n) is 28.3.